The number of piperidine rings is 1. The molecule has 1 saturated carbocycles. The van der Waals surface area contributed by atoms with Crippen molar-refractivity contribution in [1.29, 1.82) is 0 Å². The Morgan fingerprint density at radius 2 is 1.89 bits per heavy atom. The van der Waals surface area contributed by atoms with Crippen molar-refractivity contribution in [3.8, 4) is 5.75 Å². The molecular formula is C23H36N2O2S. The van der Waals surface area contributed by atoms with Gasteiger partial charge in [0.05, 0.1) is 12.4 Å². The number of nitrogens with zero attached hydrogens (tertiary/aromatic N) is 1. The van der Waals surface area contributed by atoms with Crippen molar-refractivity contribution in [2.45, 2.75) is 69.6 Å². The van der Waals surface area contributed by atoms with Crippen LogP contribution in [0, 0.1) is 0 Å². The zero-order chi connectivity index (χ0) is 19.4. The van der Waals surface area contributed by atoms with E-state index in [0.717, 1.165) is 18.7 Å². The highest BCUT2D eigenvalue weighted by Gasteiger charge is 2.15. The molecule has 2 aliphatic rings. The van der Waals surface area contributed by atoms with Crippen LogP contribution in [0.1, 0.15) is 63.4 Å². The Morgan fingerprint density at radius 3 is 2.71 bits per heavy atom. The summed E-state index contributed by atoms with van der Waals surface area (Å²) in [5, 5.41) is 3.72. The van der Waals surface area contributed by atoms with Crippen LogP contribution < -0.4 is 10.1 Å². The third kappa shape index (κ3) is 8.04. The molecule has 0 unspecified atom stereocenters. The highest BCUT2D eigenvalue weighted by Crippen LogP contribution is 2.27. The van der Waals surface area contributed by atoms with Crippen LogP contribution in [0.4, 0.5) is 0 Å². The van der Waals surface area contributed by atoms with Crippen LogP contribution in [-0.4, -0.2) is 48.1 Å². The molecule has 1 aromatic carbocycles. The Hall–Kier alpha value is -1.20. The monoisotopic (exact) mass is 404 g/mol. The second-order valence-electron chi connectivity index (χ2n) is 8.11. The average molecular weight is 405 g/mol. The number of amides is 1. The van der Waals surface area contributed by atoms with Crippen molar-refractivity contribution < 1.29 is 9.53 Å². The summed E-state index contributed by atoms with van der Waals surface area (Å²) in [6, 6.07) is 8.46. The van der Waals surface area contributed by atoms with Gasteiger partial charge in [-0.1, -0.05) is 37.8 Å². The molecule has 4 nitrogen and oxygen atoms in total. The first-order valence-corrected chi connectivity index (χ1v) is 12.2. The van der Waals surface area contributed by atoms with Crippen LogP contribution in [0.5, 0.6) is 5.75 Å². The van der Waals surface area contributed by atoms with Gasteiger partial charge in [0, 0.05) is 18.3 Å². The lowest BCUT2D eigenvalue weighted by Crippen LogP contribution is -2.29. The van der Waals surface area contributed by atoms with Crippen molar-refractivity contribution in [3.63, 3.8) is 0 Å². The number of thioether (sulfide) groups is 1. The number of carbonyl (C=O) groups is 1. The predicted molar refractivity (Wildman–Crippen MR) is 118 cm³/mol. The molecule has 2 fully saturated rings. The minimum Gasteiger partial charge on any atom is -0.494 e. The van der Waals surface area contributed by atoms with Crippen LogP contribution in [-0.2, 0) is 11.3 Å². The molecule has 5 heteroatoms. The van der Waals surface area contributed by atoms with Crippen LogP contribution in [0.3, 0.4) is 0 Å². The Bertz CT molecular complexity index is 584. The van der Waals surface area contributed by atoms with Gasteiger partial charge in [-0.3, -0.25) is 9.69 Å². The van der Waals surface area contributed by atoms with Gasteiger partial charge in [0.15, 0.2) is 0 Å². The minimum atomic E-state index is 0.166. The minimum absolute atomic E-state index is 0.166. The molecule has 0 spiro atoms. The molecule has 1 heterocycles. The molecule has 1 amide bonds. The van der Waals surface area contributed by atoms with Gasteiger partial charge < -0.3 is 10.1 Å². The number of hydrogen-bond acceptors (Lipinski definition) is 4. The largest absolute Gasteiger partial charge is 0.494 e. The van der Waals surface area contributed by atoms with Crippen LogP contribution in [0.2, 0.25) is 0 Å². The first-order valence-electron chi connectivity index (χ1n) is 11.1. The number of benzene rings is 1. The molecule has 1 saturated heterocycles. The first kappa shape index (κ1) is 21.5. The third-order valence-electron chi connectivity index (χ3n) is 5.67. The molecule has 0 radical (unpaired) electrons. The molecule has 0 bridgehead atoms. The predicted octanol–water partition coefficient (Wildman–Crippen LogP) is 4.62. The van der Waals surface area contributed by atoms with Crippen LogP contribution in [0.15, 0.2) is 24.3 Å². The van der Waals surface area contributed by atoms with E-state index in [9.17, 15) is 4.79 Å². The van der Waals surface area contributed by atoms with E-state index < -0.39 is 0 Å². The Kier molecular flexibility index (Phi) is 9.51. The maximum Gasteiger partial charge on any atom is 0.230 e. The van der Waals surface area contributed by atoms with Crippen molar-refractivity contribution in [1.82, 2.24) is 10.2 Å². The van der Waals surface area contributed by atoms with E-state index in [1.807, 2.05) is 17.8 Å². The summed E-state index contributed by atoms with van der Waals surface area (Å²) in [4.78, 5) is 14.5. The highest BCUT2D eigenvalue weighted by molar-refractivity contribution is 8.00. The van der Waals surface area contributed by atoms with Gasteiger partial charge in [0.1, 0.15) is 5.75 Å². The summed E-state index contributed by atoms with van der Waals surface area (Å²) in [6.45, 7) is 4.78. The van der Waals surface area contributed by atoms with E-state index in [1.165, 1.54) is 70.0 Å². The third-order valence-corrected chi connectivity index (χ3v) is 7.04. The zero-order valence-corrected chi connectivity index (χ0v) is 18.0. The fraction of sp³-hybridized carbons (Fsp3) is 0.696. The molecule has 28 heavy (non-hydrogen) atoms. The number of carbonyl (C=O) groups excluding carboxylic acids is 1. The lowest BCUT2D eigenvalue weighted by Gasteiger charge is -2.26. The lowest BCUT2D eigenvalue weighted by molar-refractivity contribution is -0.118. The van der Waals surface area contributed by atoms with Gasteiger partial charge in [-0.15, -0.1) is 11.8 Å². The fourth-order valence-corrected chi connectivity index (χ4v) is 5.23. The fourth-order valence-electron chi connectivity index (χ4n) is 4.08. The van der Waals surface area contributed by atoms with Gasteiger partial charge in [-0.05, 0) is 62.9 Å². The zero-order valence-electron chi connectivity index (χ0n) is 17.2. The number of hydrogen-bond donors (Lipinski definition) is 1. The van der Waals surface area contributed by atoms with E-state index in [0.29, 0.717) is 24.2 Å². The van der Waals surface area contributed by atoms with Crippen molar-refractivity contribution >= 4 is 17.7 Å². The maximum absolute atomic E-state index is 12.0. The topological polar surface area (TPSA) is 41.6 Å². The molecule has 0 aromatic heterocycles. The smallest absolute Gasteiger partial charge is 0.230 e. The quantitative estimate of drug-likeness (QED) is 0.578. The summed E-state index contributed by atoms with van der Waals surface area (Å²) >= 11 is 1.83. The van der Waals surface area contributed by atoms with Crippen molar-refractivity contribution in [2.24, 2.45) is 0 Å². The summed E-state index contributed by atoms with van der Waals surface area (Å²) in [5.41, 5.74) is 1.33. The van der Waals surface area contributed by atoms with Gasteiger partial charge in [0.2, 0.25) is 5.91 Å². The summed E-state index contributed by atoms with van der Waals surface area (Å²) in [5.74, 6) is 1.71. The SMILES string of the molecule is O=C(CSC1CCCCC1)NCCCOc1cccc(CN2CCCCC2)c1. The summed E-state index contributed by atoms with van der Waals surface area (Å²) < 4.78 is 5.90. The molecular weight excluding hydrogens is 368 g/mol. The maximum atomic E-state index is 12.0. The molecule has 1 aliphatic carbocycles. The number of nitrogens with one attached hydrogen (secondary N) is 1. The van der Waals surface area contributed by atoms with Crippen molar-refractivity contribution in [2.75, 3.05) is 32.0 Å². The van der Waals surface area contributed by atoms with E-state index >= 15 is 0 Å². The molecule has 3 rings (SSSR count). The van der Waals surface area contributed by atoms with E-state index in [-0.39, 0.29) is 5.91 Å². The standard InChI is InChI=1S/C23H36N2O2S/c26-23(19-28-22-11-3-1-4-12-22)24-13-8-16-27-21-10-7-9-20(17-21)18-25-14-5-2-6-15-25/h7,9-10,17,22H,1-6,8,11-16,18-19H2,(H,24,26). The number of ether oxygens (including phenoxy) is 1. The molecule has 156 valence electrons. The Balaban J connectivity index is 1.26. The van der Waals surface area contributed by atoms with Crippen molar-refractivity contribution in [3.05, 3.63) is 29.8 Å². The molecule has 1 aliphatic heterocycles. The summed E-state index contributed by atoms with van der Waals surface area (Å²) in [7, 11) is 0. The van der Waals surface area contributed by atoms with Gasteiger partial charge >= 0.3 is 0 Å². The normalized spacial score (nSPS) is 18.7. The van der Waals surface area contributed by atoms with E-state index in [2.05, 4.69) is 28.4 Å². The van der Waals surface area contributed by atoms with Gasteiger partial charge in [0.25, 0.3) is 0 Å². The van der Waals surface area contributed by atoms with Crippen LogP contribution in [0.25, 0.3) is 0 Å². The number of likely N-dealkylation sites (tertiary alicyclic amines) is 1. The Morgan fingerprint density at radius 1 is 1.11 bits per heavy atom. The van der Waals surface area contributed by atoms with Crippen LogP contribution >= 0.6 is 11.8 Å². The van der Waals surface area contributed by atoms with Gasteiger partial charge in [-0.25, -0.2) is 0 Å². The lowest BCUT2D eigenvalue weighted by atomic mass is 10.0. The average Bonchev–Trinajstić information content (AvgIpc) is 2.74. The second kappa shape index (κ2) is 12.4. The number of rotatable bonds is 10. The van der Waals surface area contributed by atoms with Gasteiger partial charge in [-0.2, -0.15) is 0 Å². The molecule has 1 N–H and O–H groups in total. The first-order chi connectivity index (χ1) is 13.8. The highest BCUT2D eigenvalue weighted by atomic mass is 32.2. The van der Waals surface area contributed by atoms with E-state index in [1.54, 1.807) is 0 Å². The molecule has 1 aromatic rings. The Labute approximate surface area is 174 Å². The summed E-state index contributed by atoms with van der Waals surface area (Å²) in [6.07, 6.45) is 11.4. The molecule has 0 atom stereocenters. The second-order valence-corrected chi connectivity index (χ2v) is 9.40. The van der Waals surface area contributed by atoms with E-state index in [4.69, 9.17) is 4.74 Å².